The fourth-order valence-electron chi connectivity index (χ4n) is 1.59. The summed E-state index contributed by atoms with van der Waals surface area (Å²) in [7, 11) is 1.98. The molecule has 0 aliphatic rings. The maximum absolute atomic E-state index is 4.49. The van der Waals surface area contributed by atoms with Crippen LogP contribution in [0.5, 0.6) is 0 Å². The summed E-state index contributed by atoms with van der Waals surface area (Å²) >= 11 is 8.84. The summed E-state index contributed by atoms with van der Waals surface area (Å²) in [5.74, 6) is 0.847. The molecule has 2 aromatic heterocycles. The van der Waals surface area contributed by atoms with Gasteiger partial charge in [-0.05, 0) is 50.4 Å². The molecule has 0 aliphatic heterocycles. The van der Waals surface area contributed by atoms with Crippen molar-refractivity contribution in [3.05, 3.63) is 38.7 Å². The number of pyridine rings is 1. The number of halogens is 2. The monoisotopic (exact) mass is 389 g/mol. The van der Waals surface area contributed by atoms with Crippen LogP contribution in [0.3, 0.4) is 0 Å². The molecule has 0 saturated heterocycles. The van der Waals surface area contributed by atoms with Gasteiger partial charge in [0.25, 0.3) is 0 Å². The van der Waals surface area contributed by atoms with E-state index in [2.05, 4.69) is 48.9 Å². The van der Waals surface area contributed by atoms with E-state index in [1.165, 1.54) is 5.69 Å². The summed E-state index contributed by atoms with van der Waals surface area (Å²) in [6.07, 6.45) is 2.75. The molecule has 3 nitrogen and oxygen atoms in total. The van der Waals surface area contributed by atoms with Crippen LogP contribution in [0.2, 0.25) is 0 Å². The second kappa shape index (κ2) is 6.21. The fraction of sp³-hybridized carbons (Fsp3) is 0.333. The molecule has 96 valence electrons. The van der Waals surface area contributed by atoms with Gasteiger partial charge < -0.3 is 0 Å². The fourth-order valence-corrected chi connectivity index (χ4v) is 4.08. The largest absolute Gasteiger partial charge is 0.270 e. The van der Waals surface area contributed by atoms with Crippen molar-refractivity contribution < 1.29 is 0 Å². The molecule has 0 spiro atoms. The first-order valence-corrected chi connectivity index (χ1v) is 8.14. The van der Waals surface area contributed by atoms with E-state index in [0.717, 1.165) is 31.8 Å². The highest BCUT2D eigenvalue weighted by Gasteiger charge is 2.13. The number of rotatable bonds is 4. The van der Waals surface area contributed by atoms with Crippen LogP contribution in [0, 0.1) is 0 Å². The van der Waals surface area contributed by atoms with Gasteiger partial charge in [-0.25, -0.2) is 4.98 Å². The lowest BCUT2D eigenvalue weighted by Gasteiger charge is -2.04. The highest BCUT2D eigenvalue weighted by molar-refractivity contribution is 9.10. The van der Waals surface area contributed by atoms with Crippen molar-refractivity contribution in [1.82, 2.24) is 14.8 Å². The standard InChI is InChI=1S/C12H13Br2N3S/c1-3-9-11(14)10(17(2)16-9)7-18-12-8(13)5-4-6-15-12/h4-6H,3,7H2,1-2H3. The Bertz CT molecular complexity index is 554. The van der Waals surface area contributed by atoms with Crippen LogP contribution >= 0.6 is 43.6 Å². The number of hydrogen-bond acceptors (Lipinski definition) is 3. The highest BCUT2D eigenvalue weighted by atomic mass is 79.9. The summed E-state index contributed by atoms with van der Waals surface area (Å²) in [6.45, 7) is 2.11. The van der Waals surface area contributed by atoms with Gasteiger partial charge in [-0.3, -0.25) is 4.68 Å². The normalized spacial score (nSPS) is 10.9. The first-order valence-electron chi connectivity index (χ1n) is 5.57. The van der Waals surface area contributed by atoms with Crippen LogP contribution < -0.4 is 0 Å². The van der Waals surface area contributed by atoms with Crippen molar-refractivity contribution in [1.29, 1.82) is 0 Å². The van der Waals surface area contributed by atoms with Gasteiger partial charge in [0.1, 0.15) is 5.03 Å². The topological polar surface area (TPSA) is 30.7 Å². The molecule has 0 atom stereocenters. The Labute approximate surface area is 128 Å². The third-order valence-electron chi connectivity index (χ3n) is 2.57. The third kappa shape index (κ3) is 2.97. The first kappa shape index (κ1) is 14.1. The zero-order valence-corrected chi connectivity index (χ0v) is 14.1. The predicted molar refractivity (Wildman–Crippen MR) is 81.8 cm³/mol. The molecule has 0 N–H and O–H groups in total. The van der Waals surface area contributed by atoms with Crippen LogP contribution in [0.25, 0.3) is 0 Å². The average molecular weight is 391 g/mol. The Morgan fingerprint density at radius 1 is 1.39 bits per heavy atom. The summed E-state index contributed by atoms with van der Waals surface area (Å²) in [6, 6.07) is 3.93. The zero-order chi connectivity index (χ0) is 13.1. The van der Waals surface area contributed by atoms with Gasteiger partial charge in [0.15, 0.2) is 0 Å². The predicted octanol–water partition coefficient (Wildman–Crippen LogP) is 4.19. The average Bonchev–Trinajstić information content (AvgIpc) is 2.64. The molecule has 2 heterocycles. The summed E-state index contributed by atoms with van der Waals surface area (Å²) in [4.78, 5) is 4.35. The van der Waals surface area contributed by atoms with Crippen molar-refractivity contribution in [2.75, 3.05) is 0 Å². The SMILES string of the molecule is CCc1nn(C)c(CSc2ncccc2Br)c1Br. The Morgan fingerprint density at radius 3 is 2.78 bits per heavy atom. The van der Waals surface area contributed by atoms with Gasteiger partial charge in [-0.1, -0.05) is 18.7 Å². The molecule has 0 aromatic carbocycles. The van der Waals surface area contributed by atoms with Gasteiger partial charge in [0.05, 0.1) is 15.9 Å². The van der Waals surface area contributed by atoms with Crippen molar-refractivity contribution in [2.45, 2.75) is 24.1 Å². The van der Waals surface area contributed by atoms with Gasteiger partial charge in [0, 0.05) is 23.5 Å². The lowest BCUT2D eigenvalue weighted by molar-refractivity contribution is 0.719. The van der Waals surface area contributed by atoms with Crippen LogP contribution in [-0.4, -0.2) is 14.8 Å². The van der Waals surface area contributed by atoms with E-state index < -0.39 is 0 Å². The van der Waals surface area contributed by atoms with E-state index in [1.54, 1.807) is 11.8 Å². The first-order chi connectivity index (χ1) is 8.63. The highest BCUT2D eigenvalue weighted by Crippen LogP contribution is 2.31. The maximum Gasteiger partial charge on any atom is 0.111 e. The Morgan fingerprint density at radius 2 is 2.17 bits per heavy atom. The van der Waals surface area contributed by atoms with E-state index in [1.807, 2.05) is 30.1 Å². The third-order valence-corrected chi connectivity index (χ3v) is 5.41. The summed E-state index contributed by atoms with van der Waals surface area (Å²) in [5.41, 5.74) is 2.29. The Hall–Kier alpha value is -0.330. The van der Waals surface area contributed by atoms with Crippen LogP contribution in [0.4, 0.5) is 0 Å². The molecule has 0 amide bonds. The Kier molecular flexibility index (Phi) is 4.86. The molecule has 2 rings (SSSR count). The number of hydrogen-bond donors (Lipinski definition) is 0. The van der Waals surface area contributed by atoms with Gasteiger partial charge in [-0.15, -0.1) is 0 Å². The molecule has 6 heteroatoms. The molecule has 0 bridgehead atoms. The quantitative estimate of drug-likeness (QED) is 0.733. The van der Waals surface area contributed by atoms with Crippen LogP contribution in [-0.2, 0) is 19.2 Å². The van der Waals surface area contributed by atoms with E-state index in [9.17, 15) is 0 Å². The van der Waals surface area contributed by atoms with E-state index in [4.69, 9.17) is 0 Å². The molecule has 0 radical (unpaired) electrons. The number of aryl methyl sites for hydroxylation is 2. The minimum Gasteiger partial charge on any atom is -0.270 e. The second-order valence-corrected chi connectivity index (χ2v) is 6.37. The van der Waals surface area contributed by atoms with Gasteiger partial charge >= 0.3 is 0 Å². The minimum absolute atomic E-state index is 0.847. The van der Waals surface area contributed by atoms with E-state index in [0.29, 0.717) is 0 Å². The zero-order valence-electron chi connectivity index (χ0n) is 10.2. The maximum atomic E-state index is 4.49. The van der Waals surface area contributed by atoms with Crippen molar-refractivity contribution in [3.63, 3.8) is 0 Å². The number of aromatic nitrogens is 3. The molecule has 0 fully saturated rings. The Balaban J connectivity index is 2.16. The molecule has 0 unspecified atom stereocenters. The number of nitrogens with zero attached hydrogens (tertiary/aromatic N) is 3. The lowest BCUT2D eigenvalue weighted by Crippen LogP contribution is -1.97. The molecule has 0 saturated carbocycles. The summed E-state index contributed by atoms with van der Waals surface area (Å²) < 4.78 is 4.09. The van der Waals surface area contributed by atoms with Crippen LogP contribution in [0.1, 0.15) is 18.3 Å². The smallest absolute Gasteiger partial charge is 0.111 e. The van der Waals surface area contributed by atoms with Gasteiger partial charge in [-0.2, -0.15) is 5.10 Å². The molecule has 18 heavy (non-hydrogen) atoms. The minimum atomic E-state index is 0.847. The number of thioether (sulfide) groups is 1. The summed E-state index contributed by atoms with van der Waals surface area (Å²) in [5, 5.41) is 5.49. The molecular formula is C12H13Br2N3S. The van der Waals surface area contributed by atoms with Crippen molar-refractivity contribution >= 4 is 43.6 Å². The van der Waals surface area contributed by atoms with E-state index >= 15 is 0 Å². The molecular weight excluding hydrogens is 378 g/mol. The molecule has 2 aromatic rings. The van der Waals surface area contributed by atoms with Crippen LogP contribution in [0.15, 0.2) is 32.3 Å². The van der Waals surface area contributed by atoms with Crippen molar-refractivity contribution in [2.24, 2.45) is 7.05 Å². The van der Waals surface area contributed by atoms with Crippen molar-refractivity contribution in [3.8, 4) is 0 Å². The van der Waals surface area contributed by atoms with E-state index in [-0.39, 0.29) is 0 Å². The van der Waals surface area contributed by atoms with Gasteiger partial charge in [0.2, 0.25) is 0 Å². The second-order valence-electron chi connectivity index (χ2n) is 3.76. The lowest BCUT2D eigenvalue weighted by atomic mass is 10.3. The molecule has 0 aliphatic carbocycles.